The van der Waals surface area contributed by atoms with Crippen molar-refractivity contribution in [3.8, 4) is 0 Å². The number of carbonyl (C=O) groups excluding carboxylic acids is 2. The van der Waals surface area contributed by atoms with E-state index in [1.54, 1.807) is 4.90 Å². The molecule has 2 aromatic rings. The van der Waals surface area contributed by atoms with Gasteiger partial charge in [-0.3, -0.25) is 14.6 Å². The first-order valence-corrected chi connectivity index (χ1v) is 9.52. The summed E-state index contributed by atoms with van der Waals surface area (Å²) in [5, 5.41) is 2.93. The third-order valence-corrected chi connectivity index (χ3v) is 5.25. The van der Waals surface area contributed by atoms with Crippen LogP contribution in [0.3, 0.4) is 0 Å². The normalized spacial score (nSPS) is 18.4. The van der Waals surface area contributed by atoms with Gasteiger partial charge in [-0.25, -0.2) is 0 Å². The van der Waals surface area contributed by atoms with Crippen molar-refractivity contribution in [3.05, 3.63) is 54.1 Å². The topological polar surface area (TPSA) is 61.8 Å². The zero-order valence-corrected chi connectivity index (χ0v) is 15.4. The highest BCUT2D eigenvalue weighted by Crippen LogP contribution is 2.37. The summed E-state index contributed by atoms with van der Waals surface area (Å²) in [6, 6.07) is 15.4. The van der Waals surface area contributed by atoms with Crippen LogP contribution in [-0.2, 0) is 16.0 Å². The molecule has 1 N–H and O–H groups in total. The highest BCUT2D eigenvalue weighted by Gasteiger charge is 2.37. The van der Waals surface area contributed by atoms with Crippen LogP contribution in [0, 0.1) is 5.92 Å². The number of hydrogen-bond donors (Lipinski definition) is 1. The maximum atomic E-state index is 13.1. The van der Waals surface area contributed by atoms with Crippen LogP contribution in [0.2, 0.25) is 0 Å². The lowest BCUT2D eigenvalue weighted by molar-refractivity contribution is -0.122. The van der Waals surface area contributed by atoms with E-state index in [9.17, 15) is 9.59 Å². The minimum atomic E-state index is -0.201. The van der Waals surface area contributed by atoms with Gasteiger partial charge in [-0.1, -0.05) is 31.2 Å². The summed E-state index contributed by atoms with van der Waals surface area (Å²) in [6.07, 6.45) is 3.54. The van der Waals surface area contributed by atoms with Gasteiger partial charge in [0, 0.05) is 11.4 Å². The largest absolute Gasteiger partial charge is 0.325 e. The summed E-state index contributed by atoms with van der Waals surface area (Å²) in [4.78, 5) is 32.2. The molecule has 0 aromatic heterocycles. The van der Waals surface area contributed by atoms with Gasteiger partial charge in [0.2, 0.25) is 11.8 Å². The van der Waals surface area contributed by atoms with Crippen LogP contribution in [0.5, 0.6) is 0 Å². The summed E-state index contributed by atoms with van der Waals surface area (Å²) in [6.45, 7) is 2.07. The average molecular weight is 361 g/mol. The van der Waals surface area contributed by atoms with Crippen molar-refractivity contribution in [2.75, 3.05) is 16.8 Å². The quantitative estimate of drug-likeness (QED) is 0.891. The fourth-order valence-electron chi connectivity index (χ4n) is 3.85. The van der Waals surface area contributed by atoms with Crippen LogP contribution in [0.15, 0.2) is 53.5 Å². The first-order valence-electron chi connectivity index (χ1n) is 9.52. The summed E-state index contributed by atoms with van der Waals surface area (Å²) in [5.41, 5.74) is 4.35. The number of benzene rings is 2. The third-order valence-electron chi connectivity index (χ3n) is 5.25. The zero-order valence-electron chi connectivity index (χ0n) is 15.4. The van der Waals surface area contributed by atoms with Gasteiger partial charge in [-0.2, -0.15) is 0 Å². The highest BCUT2D eigenvalue weighted by atomic mass is 16.2. The minimum Gasteiger partial charge on any atom is -0.325 e. The molecule has 1 atom stereocenters. The Morgan fingerprint density at radius 3 is 2.93 bits per heavy atom. The second kappa shape index (κ2) is 7.35. The molecule has 5 heteroatoms. The molecule has 2 aromatic carbocycles. The number of hydrogen-bond acceptors (Lipinski definition) is 3. The van der Waals surface area contributed by atoms with E-state index >= 15 is 0 Å². The predicted octanol–water partition coefficient (Wildman–Crippen LogP) is 4.11. The Morgan fingerprint density at radius 2 is 2.07 bits per heavy atom. The van der Waals surface area contributed by atoms with Crippen molar-refractivity contribution >= 4 is 34.6 Å². The average Bonchev–Trinajstić information content (AvgIpc) is 3.11. The fourth-order valence-corrected chi connectivity index (χ4v) is 3.85. The van der Waals surface area contributed by atoms with E-state index in [2.05, 4.69) is 12.2 Å². The summed E-state index contributed by atoms with van der Waals surface area (Å²) in [5.74, 6) is -0.421. The van der Waals surface area contributed by atoms with E-state index in [1.165, 1.54) is 0 Å². The number of fused-ring (bicyclic) bond motifs is 2. The van der Waals surface area contributed by atoms with E-state index < -0.39 is 0 Å². The van der Waals surface area contributed by atoms with Gasteiger partial charge < -0.3 is 10.2 Å². The van der Waals surface area contributed by atoms with Gasteiger partial charge in [0.15, 0.2) is 0 Å². The Kier molecular flexibility index (Phi) is 4.75. The molecule has 0 unspecified atom stereocenters. The van der Waals surface area contributed by atoms with Crippen LogP contribution in [0.4, 0.5) is 17.1 Å². The van der Waals surface area contributed by atoms with Crippen molar-refractivity contribution in [2.24, 2.45) is 10.9 Å². The smallest absolute Gasteiger partial charge is 0.244 e. The molecule has 0 saturated heterocycles. The Bertz CT molecular complexity index is 919. The summed E-state index contributed by atoms with van der Waals surface area (Å²) < 4.78 is 0. The van der Waals surface area contributed by atoms with E-state index in [4.69, 9.17) is 4.99 Å². The van der Waals surface area contributed by atoms with Crippen LogP contribution >= 0.6 is 0 Å². The number of carbonyl (C=O) groups is 2. The zero-order chi connectivity index (χ0) is 18.8. The number of nitrogens with one attached hydrogen (secondary N) is 1. The SMILES string of the molecule is CCc1cccc(NC(=O)CN2C(=O)[C@H]3CCCC3=Nc3ccccc32)c1. The lowest BCUT2D eigenvalue weighted by Gasteiger charge is -2.24. The molecule has 27 heavy (non-hydrogen) atoms. The second-order valence-corrected chi connectivity index (χ2v) is 7.06. The van der Waals surface area contributed by atoms with Gasteiger partial charge in [0.1, 0.15) is 6.54 Å². The van der Waals surface area contributed by atoms with Gasteiger partial charge in [0.25, 0.3) is 0 Å². The lowest BCUT2D eigenvalue weighted by Crippen LogP contribution is -2.41. The molecule has 0 spiro atoms. The number of anilines is 2. The van der Waals surface area contributed by atoms with E-state index in [0.717, 1.165) is 48.3 Å². The number of rotatable bonds is 4. The maximum absolute atomic E-state index is 13.1. The first-order chi connectivity index (χ1) is 13.2. The standard InChI is InChI=1S/C22H23N3O2/c1-2-15-7-5-8-16(13-15)23-21(26)14-25-20-12-4-3-10-19(20)24-18-11-6-9-17(18)22(25)27/h3-5,7-8,10,12-13,17H,2,6,9,11,14H2,1H3,(H,23,26)/t17-/m0/s1. The van der Waals surface area contributed by atoms with E-state index in [0.29, 0.717) is 5.69 Å². The van der Waals surface area contributed by atoms with Crippen LogP contribution in [0.25, 0.3) is 0 Å². The number of amides is 2. The van der Waals surface area contributed by atoms with Crippen molar-refractivity contribution in [3.63, 3.8) is 0 Å². The molecule has 1 aliphatic heterocycles. The van der Waals surface area contributed by atoms with Gasteiger partial charge in [-0.15, -0.1) is 0 Å². The van der Waals surface area contributed by atoms with E-state index in [-0.39, 0.29) is 24.3 Å². The molecule has 1 aliphatic carbocycles. The Balaban J connectivity index is 1.59. The summed E-state index contributed by atoms with van der Waals surface area (Å²) in [7, 11) is 0. The second-order valence-electron chi connectivity index (χ2n) is 7.06. The van der Waals surface area contributed by atoms with Crippen LogP contribution in [-0.4, -0.2) is 24.1 Å². The highest BCUT2D eigenvalue weighted by molar-refractivity contribution is 6.16. The fraction of sp³-hybridized carbons (Fsp3) is 0.318. The Labute approximate surface area is 159 Å². The molecule has 5 nitrogen and oxygen atoms in total. The molecular formula is C22H23N3O2. The van der Waals surface area contributed by atoms with Crippen molar-refractivity contribution in [1.82, 2.24) is 0 Å². The van der Waals surface area contributed by atoms with E-state index in [1.807, 2.05) is 48.5 Å². The molecule has 2 amide bonds. The Hall–Kier alpha value is -2.95. The molecule has 0 radical (unpaired) electrons. The first kappa shape index (κ1) is 17.5. The summed E-state index contributed by atoms with van der Waals surface area (Å²) >= 11 is 0. The van der Waals surface area contributed by atoms with Gasteiger partial charge in [0.05, 0.1) is 17.3 Å². The van der Waals surface area contributed by atoms with Gasteiger partial charge >= 0.3 is 0 Å². The minimum absolute atomic E-state index is 0.00843. The van der Waals surface area contributed by atoms with Crippen molar-refractivity contribution in [2.45, 2.75) is 32.6 Å². The van der Waals surface area contributed by atoms with Crippen molar-refractivity contribution < 1.29 is 9.59 Å². The van der Waals surface area contributed by atoms with Crippen LogP contribution in [0.1, 0.15) is 31.7 Å². The number of aryl methyl sites for hydroxylation is 1. The molecule has 1 fully saturated rings. The van der Waals surface area contributed by atoms with Gasteiger partial charge in [-0.05, 0) is 55.5 Å². The monoisotopic (exact) mass is 361 g/mol. The molecule has 138 valence electrons. The Morgan fingerprint density at radius 1 is 1.22 bits per heavy atom. The van der Waals surface area contributed by atoms with Crippen molar-refractivity contribution in [1.29, 1.82) is 0 Å². The molecular weight excluding hydrogens is 338 g/mol. The molecule has 4 rings (SSSR count). The third kappa shape index (κ3) is 3.50. The molecule has 0 bridgehead atoms. The molecule has 2 aliphatic rings. The molecule has 1 heterocycles. The number of aliphatic imine (C=N–C) groups is 1. The predicted molar refractivity (Wildman–Crippen MR) is 108 cm³/mol. The number of para-hydroxylation sites is 2. The van der Waals surface area contributed by atoms with Crippen LogP contribution < -0.4 is 10.2 Å². The lowest BCUT2D eigenvalue weighted by atomic mass is 10.1. The number of nitrogens with zero attached hydrogens (tertiary/aromatic N) is 2. The molecule has 1 saturated carbocycles. The maximum Gasteiger partial charge on any atom is 0.244 e.